The molecule has 0 bridgehead atoms. The molecule has 0 radical (unpaired) electrons. The number of carbonyl (C=O) groups is 1. The Morgan fingerprint density at radius 3 is 2.53 bits per heavy atom. The molecule has 4 heterocycles. The number of H-pyrrole nitrogens is 1. The molecule has 2 aliphatic rings. The molecule has 0 unspecified atom stereocenters. The van der Waals surface area contributed by atoms with Gasteiger partial charge in [-0.25, -0.2) is 0 Å². The van der Waals surface area contributed by atoms with Gasteiger partial charge in [-0.15, -0.1) is 0 Å². The third kappa shape index (κ3) is 3.55. The largest absolute Gasteiger partial charge is 0.451 e. The fourth-order valence-electron chi connectivity index (χ4n) is 4.99. The molecule has 4 aromatic rings. The number of benzene rings is 2. The molecule has 6 rings (SSSR count). The van der Waals surface area contributed by atoms with Crippen molar-refractivity contribution in [1.29, 1.82) is 5.26 Å². The summed E-state index contributed by atoms with van der Waals surface area (Å²) in [7, 11) is 0. The summed E-state index contributed by atoms with van der Waals surface area (Å²) in [6, 6.07) is 16.2. The first kappa shape index (κ1) is 20.6. The van der Waals surface area contributed by atoms with Gasteiger partial charge in [0.25, 0.3) is 5.91 Å². The van der Waals surface area contributed by atoms with Crippen LogP contribution in [0, 0.1) is 11.3 Å². The van der Waals surface area contributed by atoms with Crippen molar-refractivity contribution in [2.24, 2.45) is 0 Å². The molecule has 2 saturated heterocycles. The van der Waals surface area contributed by atoms with Gasteiger partial charge in [-0.2, -0.15) is 5.26 Å². The number of amides is 1. The number of piperazine rings is 1. The van der Waals surface area contributed by atoms with Crippen LogP contribution in [0.2, 0.25) is 0 Å². The summed E-state index contributed by atoms with van der Waals surface area (Å²) in [4.78, 5) is 22.5. The van der Waals surface area contributed by atoms with Gasteiger partial charge in [-0.1, -0.05) is 0 Å². The number of aromatic nitrogens is 1. The zero-order chi connectivity index (χ0) is 23.1. The first-order chi connectivity index (χ1) is 16.7. The third-order valence-corrected chi connectivity index (χ3v) is 6.80. The van der Waals surface area contributed by atoms with Crippen molar-refractivity contribution in [1.82, 2.24) is 9.88 Å². The second-order valence-corrected chi connectivity index (χ2v) is 8.72. The van der Waals surface area contributed by atoms with E-state index in [1.54, 1.807) is 4.90 Å². The van der Waals surface area contributed by atoms with Gasteiger partial charge in [-0.3, -0.25) is 4.79 Å². The van der Waals surface area contributed by atoms with Crippen LogP contribution in [0.1, 0.15) is 16.1 Å². The molecule has 2 aromatic heterocycles. The van der Waals surface area contributed by atoms with Crippen LogP contribution in [0.3, 0.4) is 0 Å². The molecular weight excluding hydrogens is 430 g/mol. The van der Waals surface area contributed by atoms with E-state index in [2.05, 4.69) is 33.0 Å². The monoisotopic (exact) mass is 455 g/mol. The van der Waals surface area contributed by atoms with Gasteiger partial charge in [-0.05, 0) is 42.5 Å². The van der Waals surface area contributed by atoms with Gasteiger partial charge in [0.1, 0.15) is 11.7 Å². The van der Waals surface area contributed by atoms with Gasteiger partial charge >= 0.3 is 0 Å². The predicted octanol–water partition coefficient (Wildman–Crippen LogP) is 3.58. The smallest absolute Gasteiger partial charge is 0.289 e. The molecule has 0 saturated carbocycles. The normalized spacial score (nSPS) is 16.9. The number of nitriles is 1. The van der Waals surface area contributed by atoms with E-state index < -0.39 is 0 Å². The number of anilines is 2. The van der Waals surface area contributed by atoms with Gasteiger partial charge in [0.15, 0.2) is 5.76 Å². The van der Waals surface area contributed by atoms with Crippen LogP contribution in [0.25, 0.3) is 21.9 Å². The lowest BCUT2D eigenvalue weighted by atomic mass is 10.1. The summed E-state index contributed by atoms with van der Waals surface area (Å²) in [5.41, 5.74) is 4.59. The van der Waals surface area contributed by atoms with Crippen molar-refractivity contribution >= 4 is 39.2 Å². The van der Waals surface area contributed by atoms with E-state index >= 15 is 0 Å². The minimum Gasteiger partial charge on any atom is -0.451 e. The Morgan fingerprint density at radius 2 is 1.74 bits per heavy atom. The number of rotatable bonds is 3. The van der Waals surface area contributed by atoms with Crippen molar-refractivity contribution in [2.75, 3.05) is 62.3 Å². The molecule has 2 aromatic carbocycles. The molecule has 34 heavy (non-hydrogen) atoms. The Balaban J connectivity index is 1.20. The molecule has 172 valence electrons. The predicted molar refractivity (Wildman–Crippen MR) is 130 cm³/mol. The molecule has 0 spiro atoms. The van der Waals surface area contributed by atoms with Crippen LogP contribution in [0.15, 0.2) is 53.1 Å². The van der Waals surface area contributed by atoms with Crippen LogP contribution in [0.4, 0.5) is 11.4 Å². The lowest BCUT2D eigenvalue weighted by molar-refractivity contribution is 0.0284. The quantitative estimate of drug-likeness (QED) is 0.508. The maximum absolute atomic E-state index is 12.8. The van der Waals surface area contributed by atoms with E-state index in [0.29, 0.717) is 37.6 Å². The fourth-order valence-corrected chi connectivity index (χ4v) is 4.99. The number of furan rings is 1. The average molecular weight is 456 g/mol. The van der Waals surface area contributed by atoms with Crippen LogP contribution >= 0.6 is 0 Å². The number of nitrogens with one attached hydrogen (secondary N) is 1. The lowest BCUT2D eigenvalue weighted by Crippen LogP contribution is -2.46. The third-order valence-electron chi connectivity index (χ3n) is 6.80. The number of carbonyl (C=O) groups excluding carboxylic acids is 1. The zero-order valence-corrected chi connectivity index (χ0v) is 18.8. The molecule has 8 nitrogen and oxygen atoms in total. The Morgan fingerprint density at radius 1 is 0.941 bits per heavy atom. The summed E-state index contributed by atoms with van der Waals surface area (Å²) in [5.74, 6) is 0.296. The summed E-state index contributed by atoms with van der Waals surface area (Å²) in [6.07, 6.45) is 1.92. The summed E-state index contributed by atoms with van der Waals surface area (Å²) >= 11 is 0. The highest BCUT2D eigenvalue weighted by Crippen LogP contribution is 2.32. The number of ether oxygens (including phenoxy) is 1. The standard InChI is InChI=1S/C26H25N5O3/c27-17-18-1-3-22-21(5-6-28-22)25(18)30-9-7-29(8-10-30)20-2-4-23-19(15-20)16-24(34-23)26(32)31-11-13-33-14-12-31/h1-6,15-16,28H,7-14H2. The molecule has 8 heteroatoms. The van der Waals surface area contributed by atoms with E-state index in [0.717, 1.165) is 59.4 Å². The van der Waals surface area contributed by atoms with Gasteiger partial charge in [0.05, 0.1) is 24.5 Å². The van der Waals surface area contributed by atoms with Gasteiger partial charge < -0.3 is 28.8 Å². The molecule has 0 atom stereocenters. The Hall–Kier alpha value is -3.96. The SMILES string of the molecule is N#Cc1ccc2[nH]ccc2c1N1CCN(c2ccc3oc(C(=O)N4CCOCC4)cc3c2)CC1. The van der Waals surface area contributed by atoms with Crippen LogP contribution in [-0.2, 0) is 4.74 Å². The lowest BCUT2D eigenvalue weighted by Gasteiger charge is -2.38. The van der Waals surface area contributed by atoms with Crippen LogP contribution in [-0.4, -0.2) is 68.3 Å². The van der Waals surface area contributed by atoms with E-state index in [-0.39, 0.29) is 5.91 Å². The topological polar surface area (TPSA) is 88.7 Å². The number of aromatic amines is 1. The van der Waals surface area contributed by atoms with Crippen LogP contribution < -0.4 is 9.80 Å². The molecule has 2 aliphatic heterocycles. The number of hydrogen-bond donors (Lipinski definition) is 1. The highest BCUT2D eigenvalue weighted by atomic mass is 16.5. The molecule has 2 fully saturated rings. The summed E-state index contributed by atoms with van der Waals surface area (Å²) in [6.45, 7) is 5.65. The van der Waals surface area contributed by atoms with Crippen molar-refractivity contribution in [3.05, 3.63) is 60.0 Å². The van der Waals surface area contributed by atoms with E-state index in [9.17, 15) is 10.1 Å². The van der Waals surface area contributed by atoms with E-state index in [4.69, 9.17) is 9.15 Å². The minimum atomic E-state index is -0.0816. The molecular formula is C26H25N5O3. The van der Waals surface area contributed by atoms with Gasteiger partial charge in [0.2, 0.25) is 0 Å². The maximum atomic E-state index is 12.8. The summed E-state index contributed by atoms with van der Waals surface area (Å²) < 4.78 is 11.2. The Kier molecular flexibility index (Phi) is 5.12. The van der Waals surface area contributed by atoms with Crippen molar-refractivity contribution in [2.45, 2.75) is 0 Å². The highest BCUT2D eigenvalue weighted by Gasteiger charge is 2.24. The number of hydrogen-bond acceptors (Lipinski definition) is 6. The second-order valence-electron chi connectivity index (χ2n) is 8.72. The maximum Gasteiger partial charge on any atom is 0.289 e. The number of nitrogens with zero attached hydrogens (tertiary/aromatic N) is 4. The van der Waals surface area contributed by atoms with Crippen molar-refractivity contribution < 1.29 is 13.9 Å². The van der Waals surface area contributed by atoms with E-state index in [1.165, 1.54) is 0 Å². The van der Waals surface area contributed by atoms with Gasteiger partial charge in [0, 0.05) is 67.4 Å². The van der Waals surface area contributed by atoms with E-state index in [1.807, 2.05) is 36.5 Å². The molecule has 1 N–H and O–H groups in total. The second kappa shape index (κ2) is 8.43. The Labute approximate surface area is 196 Å². The number of fused-ring (bicyclic) bond motifs is 2. The zero-order valence-electron chi connectivity index (χ0n) is 18.8. The highest BCUT2D eigenvalue weighted by molar-refractivity contribution is 5.97. The fraction of sp³-hybridized carbons (Fsp3) is 0.308. The Bertz CT molecular complexity index is 1400. The van der Waals surface area contributed by atoms with Crippen molar-refractivity contribution in [3.63, 3.8) is 0 Å². The first-order valence-corrected chi connectivity index (χ1v) is 11.6. The molecule has 0 aliphatic carbocycles. The minimum absolute atomic E-state index is 0.0816. The first-order valence-electron chi connectivity index (χ1n) is 11.6. The van der Waals surface area contributed by atoms with Crippen molar-refractivity contribution in [3.8, 4) is 6.07 Å². The summed E-state index contributed by atoms with van der Waals surface area (Å²) in [5, 5.41) is 11.7. The van der Waals surface area contributed by atoms with Crippen LogP contribution in [0.5, 0.6) is 0 Å². The average Bonchev–Trinajstić information content (AvgIpc) is 3.55. The molecule has 1 amide bonds. The number of morpholine rings is 1.